The Labute approximate surface area is 214 Å². The van der Waals surface area contributed by atoms with Crippen molar-refractivity contribution in [2.75, 3.05) is 19.6 Å². The van der Waals surface area contributed by atoms with Crippen LogP contribution in [0.1, 0.15) is 54.5 Å². The van der Waals surface area contributed by atoms with Gasteiger partial charge in [-0.1, -0.05) is 11.6 Å². The number of fused-ring (bicyclic) bond motifs is 2. The highest BCUT2D eigenvalue weighted by atomic mass is 35.5. The summed E-state index contributed by atoms with van der Waals surface area (Å²) < 4.78 is 20.5. The summed E-state index contributed by atoms with van der Waals surface area (Å²) in [5.74, 6) is -0.0531. The van der Waals surface area contributed by atoms with E-state index >= 15 is 0 Å². The van der Waals surface area contributed by atoms with Gasteiger partial charge in [-0.15, -0.1) is 0 Å². The van der Waals surface area contributed by atoms with Crippen LogP contribution in [0, 0.1) is 12.7 Å². The summed E-state index contributed by atoms with van der Waals surface area (Å²) in [5, 5.41) is 10.3. The Morgan fingerprint density at radius 3 is 2.69 bits per heavy atom. The minimum atomic E-state index is -0.458. The lowest BCUT2D eigenvalue weighted by Gasteiger charge is -2.39. The monoisotopic (exact) mass is 515 g/mol. The Bertz CT molecular complexity index is 1190. The van der Waals surface area contributed by atoms with Crippen molar-refractivity contribution in [1.29, 1.82) is 0 Å². The van der Waals surface area contributed by atoms with Crippen LogP contribution in [0.4, 0.5) is 4.39 Å². The molecule has 0 aliphatic carbocycles. The molecule has 2 bridgehead atoms. The van der Waals surface area contributed by atoms with Gasteiger partial charge in [0, 0.05) is 42.2 Å². The van der Waals surface area contributed by atoms with E-state index in [4.69, 9.17) is 22.1 Å². The van der Waals surface area contributed by atoms with Gasteiger partial charge in [0.15, 0.2) is 5.82 Å². The first-order valence-corrected chi connectivity index (χ1v) is 12.7. The molecule has 1 aromatic heterocycles. The number of rotatable bonds is 6. The Hall–Kier alpha value is -2.75. The van der Waals surface area contributed by atoms with Crippen LogP contribution in [0.25, 0.3) is 5.57 Å². The number of carbonyl (C=O) groups is 1. The molecule has 2 fully saturated rings. The van der Waals surface area contributed by atoms with Crippen LogP contribution in [0.3, 0.4) is 0 Å². The second-order valence-electron chi connectivity index (χ2n) is 10.1. The number of hydrogen-bond donors (Lipinski definition) is 2. The predicted molar refractivity (Wildman–Crippen MR) is 134 cm³/mol. The second-order valence-corrected chi connectivity index (χ2v) is 10.5. The van der Waals surface area contributed by atoms with Crippen LogP contribution in [0.2, 0.25) is 5.02 Å². The third-order valence-electron chi connectivity index (χ3n) is 7.36. The summed E-state index contributed by atoms with van der Waals surface area (Å²) in [6.07, 6.45) is 4.69. The average Bonchev–Trinajstić information content (AvgIpc) is 3.30. The summed E-state index contributed by atoms with van der Waals surface area (Å²) >= 11 is 6.05. The van der Waals surface area contributed by atoms with Crippen molar-refractivity contribution in [3.8, 4) is 5.75 Å². The van der Waals surface area contributed by atoms with E-state index in [2.05, 4.69) is 14.9 Å². The van der Waals surface area contributed by atoms with Crippen molar-refractivity contribution < 1.29 is 19.0 Å². The van der Waals surface area contributed by atoms with Crippen LogP contribution in [-0.4, -0.2) is 74.7 Å². The van der Waals surface area contributed by atoms with Gasteiger partial charge in [0.1, 0.15) is 17.7 Å². The van der Waals surface area contributed by atoms with E-state index in [1.54, 1.807) is 18.7 Å². The fourth-order valence-corrected chi connectivity index (χ4v) is 5.74. The van der Waals surface area contributed by atoms with E-state index in [0.717, 1.165) is 25.7 Å². The summed E-state index contributed by atoms with van der Waals surface area (Å²) in [4.78, 5) is 26.2. The summed E-state index contributed by atoms with van der Waals surface area (Å²) in [6, 6.07) is 4.68. The molecule has 192 valence electrons. The SMILES string of the molecule is Cc1nc(C2=C(N)CN(C(=O)c3ccc(F)cc3OC3C[C@H]4CC[C@@H](C3)N4CC(C)O)C2)ncc1Cl. The van der Waals surface area contributed by atoms with Crippen molar-refractivity contribution in [2.24, 2.45) is 5.73 Å². The number of piperidine rings is 1. The van der Waals surface area contributed by atoms with Crippen molar-refractivity contribution in [3.63, 3.8) is 0 Å². The maximum absolute atomic E-state index is 14.2. The fraction of sp³-hybridized carbons (Fsp3) is 0.500. The number of amides is 1. The molecule has 2 unspecified atom stereocenters. The van der Waals surface area contributed by atoms with E-state index in [9.17, 15) is 14.3 Å². The zero-order valence-electron chi connectivity index (χ0n) is 20.5. The third kappa shape index (κ3) is 4.92. The number of nitrogens with zero attached hydrogens (tertiary/aromatic N) is 4. The van der Waals surface area contributed by atoms with Crippen LogP contribution < -0.4 is 10.5 Å². The summed E-state index contributed by atoms with van der Waals surface area (Å²) in [7, 11) is 0. The molecule has 3 N–H and O–H groups in total. The van der Waals surface area contributed by atoms with E-state index in [1.807, 2.05) is 0 Å². The molecular weight excluding hydrogens is 485 g/mol. The van der Waals surface area contributed by atoms with E-state index < -0.39 is 5.82 Å². The highest BCUT2D eigenvalue weighted by Crippen LogP contribution is 2.38. The molecule has 10 heteroatoms. The van der Waals surface area contributed by atoms with E-state index in [-0.39, 0.29) is 37.0 Å². The molecule has 3 aliphatic rings. The van der Waals surface area contributed by atoms with Crippen molar-refractivity contribution in [1.82, 2.24) is 19.8 Å². The Morgan fingerprint density at radius 1 is 1.31 bits per heavy atom. The van der Waals surface area contributed by atoms with Crippen LogP contribution in [0.5, 0.6) is 5.75 Å². The predicted octanol–water partition coefficient (Wildman–Crippen LogP) is 3.16. The third-order valence-corrected chi connectivity index (χ3v) is 7.73. The van der Waals surface area contributed by atoms with Crippen molar-refractivity contribution in [2.45, 2.75) is 63.8 Å². The average molecular weight is 516 g/mol. The number of aliphatic hydroxyl groups excluding tert-OH is 1. The lowest BCUT2D eigenvalue weighted by molar-refractivity contribution is 0.0215. The van der Waals surface area contributed by atoms with Gasteiger partial charge < -0.3 is 20.5 Å². The van der Waals surface area contributed by atoms with Crippen LogP contribution >= 0.6 is 11.6 Å². The first kappa shape index (κ1) is 24.9. The zero-order valence-corrected chi connectivity index (χ0v) is 21.2. The Balaban J connectivity index is 1.31. The molecule has 3 aliphatic heterocycles. The Kier molecular flexibility index (Phi) is 6.89. The van der Waals surface area contributed by atoms with Gasteiger partial charge in [0.25, 0.3) is 5.91 Å². The molecule has 0 spiro atoms. The van der Waals surface area contributed by atoms with Gasteiger partial charge in [-0.3, -0.25) is 9.69 Å². The standard InChI is InChI=1S/C26H31ClFN5O3/c1-14(34)11-33-17-4-5-18(33)9-19(8-17)36-24-7-16(28)3-6-20(24)26(35)32-12-21(23(29)13-32)25-30-10-22(27)15(2)31-25/h3,6-7,10,14,17-19,34H,4-5,8-9,11-13,29H2,1-2H3/t14?,17-,18+,19?. The summed E-state index contributed by atoms with van der Waals surface area (Å²) in [5.41, 5.74) is 8.38. The van der Waals surface area contributed by atoms with Gasteiger partial charge in [0.05, 0.1) is 35.5 Å². The number of carbonyl (C=O) groups excluding carboxylic acids is 1. The molecule has 0 saturated carbocycles. The van der Waals surface area contributed by atoms with Crippen molar-refractivity contribution >= 4 is 23.1 Å². The smallest absolute Gasteiger partial charge is 0.258 e. The lowest BCUT2D eigenvalue weighted by Crippen LogP contribution is -2.48. The normalized spacial score (nSPS) is 24.9. The largest absolute Gasteiger partial charge is 0.489 e. The van der Waals surface area contributed by atoms with Gasteiger partial charge in [-0.2, -0.15) is 0 Å². The number of hydrogen-bond acceptors (Lipinski definition) is 7. The molecule has 2 aromatic rings. The molecule has 1 aromatic carbocycles. The first-order chi connectivity index (χ1) is 17.2. The zero-order chi connectivity index (χ0) is 25.6. The van der Waals surface area contributed by atoms with E-state index in [0.29, 0.717) is 52.0 Å². The number of benzene rings is 1. The highest BCUT2D eigenvalue weighted by Gasteiger charge is 2.42. The number of nitrogens with two attached hydrogens (primary N) is 1. The second kappa shape index (κ2) is 9.95. The first-order valence-electron chi connectivity index (χ1n) is 12.4. The van der Waals surface area contributed by atoms with Gasteiger partial charge >= 0.3 is 0 Å². The molecule has 0 radical (unpaired) electrons. The number of ether oxygens (including phenoxy) is 1. The van der Waals surface area contributed by atoms with Crippen LogP contribution in [0.15, 0.2) is 30.1 Å². The fourth-order valence-electron chi connectivity index (χ4n) is 5.65. The Morgan fingerprint density at radius 2 is 2.03 bits per heavy atom. The lowest BCUT2D eigenvalue weighted by atomic mass is 9.99. The molecule has 4 heterocycles. The maximum Gasteiger partial charge on any atom is 0.258 e. The summed E-state index contributed by atoms with van der Waals surface area (Å²) in [6.45, 7) is 4.69. The molecule has 2 saturated heterocycles. The quantitative estimate of drug-likeness (QED) is 0.609. The molecule has 5 rings (SSSR count). The molecule has 8 nitrogen and oxygen atoms in total. The molecule has 1 amide bonds. The van der Waals surface area contributed by atoms with Crippen LogP contribution in [-0.2, 0) is 0 Å². The number of aromatic nitrogens is 2. The van der Waals surface area contributed by atoms with Crippen molar-refractivity contribution in [3.05, 3.63) is 58.0 Å². The maximum atomic E-state index is 14.2. The highest BCUT2D eigenvalue weighted by molar-refractivity contribution is 6.31. The molecule has 36 heavy (non-hydrogen) atoms. The topological polar surface area (TPSA) is 105 Å². The molecular formula is C26H31ClFN5O3. The minimum Gasteiger partial charge on any atom is -0.489 e. The van der Waals surface area contributed by atoms with E-state index in [1.165, 1.54) is 24.4 Å². The number of halogens is 2. The number of aryl methyl sites for hydroxylation is 1. The van der Waals surface area contributed by atoms with Gasteiger partial charge in [-0.25, -0.2) is 14.4 Å². The minimum absolute atomic E-state index is 0.121. The van der Waals surface area contributed by atoms with Gasteiger partial charge in [0.2, 0.25) is 0 Å². The molecule has 4 atom stereocenters. The number of aliphatic hydroxyl groups is 1. The van der Waals surface area contributed by atoms with Gasteiger partial charge in [-0.05, 0) is 51.7 Å².